The van der Waals surface area contributed by atoms with E-state index in [4.69, 9.17) is 0 Å². The van der Waals surface area contributed by atoms with Crippen molar-refractivity contribution in [2.75, 3.05) is 13.1 Å². The van der Waals surface area contributed by atoms with Gasteiger partial charge >= 0.3 is 0 Å². The Kier molecular flexibility index (Phi) is 6.91. The van der Waals surface area contributed by atoms with Crippen LogP contribution >= 0.6 is 15.9 Å². The fourth-order valence-corrected chi connectivity index (χ4v) is 5.15. The number of nitrogens with zero attached hydrogens (tertiary/aromatic N) is 1. The van der Waals surface area contributed by atoms with Crippen LogP contribution in [0.5, 0.6) is 0 Å². The van der Waals surface area contributed by atoms with Crippen LogP contribution in [0.4, 0.5) is 0 Å². The summed E-state index contributed by atoms with van der Waals surface area (Å²) in [5.74, 6) is -0.139. The maximum Gasteiger partial charge on any atom is 0.223 e. The molecule has 7 heteroatoms. The van der Waals surface area contributed by atoms with Crippen molar-refractivity contribution in [1.29, 1.82) is 0 Å². The second-order valence-electron chi connectivity index (χ2n) is 7.26. The number of nitrogens with one attached hydrogen (secondary N) is 1. The second kappa shape index (κ2) is 9.20. The van der Waals surface area contributed by atoms with E-state index in [2.05, 4.69) is 21.2 Å². The van der Waals surface area contributed by atoms with Gasteiger partial charge in [-0.05, 0) is 43.0 Å². The van der Waals surface area contributed by atoms with Crippen LogP contribution in [0.1, 0.15) is 29.5 Å². The number of piperidine rings is 1. The highest BCUT2D eigenvalue weighted by atomic mass is 79.9. The molecule has 0 aliphatic carbocycles. The highest BCUT2D eigenvalue weighted by molar-refractivity contribution is 9.10. The first-order chi connectivity index (χ1) is 13.3. The van der Waals surface area contributed by atoms with Crippen molar-refractivity contribution in [3.05, 3.63) is 69.7 Å². The zero-order valence-corrected chi connectivity index (χ0v) is 18.3. The van der Waals surface area contributed by atoms with Gasteiger partial charge in [-0.25, -0.2) is 12.7 Å². The fourth-order valence-electron chi connectivity index (χ4n) is 3.32. The number of benzene rings is 2. The van der Waals surface area contributed by atoms with E-state index >= 15 is 0 Å². The highest BCUT2D eigenvalue weighted by Gasteiger charge is 2.31. The Morgan fingerprint density at radius 1 is 1.04 bits per heavy atom. The van der Waals surface area contributed by atoms with Gasteiger partial charge in [0.05, 0.1) is 5.75 Å². The van der Waals surface area contributed by atoms with Gasteiger partial charge in [-0.15, -0.1) is 0 Å². The van der Waals surface area contributed by atoms with Crippen molar-refractivity contribution in [2.45, 2.75) is 32.1 Å². The molecule has 0 aromatic heterocycles. The summed E-state index contributed by atoms with van der Waals surface area (Å²) in [6.07, 6.45) is 1.11. The van der Waals surface area contributed by atoms with E-state index in [0.29, 0.717) is 32.5 Å². The van der Waals surface area contributed by atoms with Crippen LogP contribution in [0.2, 0.25) is 0 Å². The lowest BCUT2D eigenvalue weighted by Crippen LogP contribution is -2.43. The molecule has 0 unspecified atom stereocenters. The van der Waals surface area contributed by atoms with Gasteiger partial charge in [-0.2, -0.15) is 0 Å². The number of sulfonamides is 1. The largest absolute Gasteiger partial charge is 0.352 e. The van der Waals surface area contributed by atoms with Gasteiger partial charge in [0.2, 0.25) is 15.9 Å². The van der Waals surface area contributed by atoms with E-state index in [1.807, 2.05) is 55.5 Å². The van der Waals surface area contributed by atoms with Gasteiger partial charge in [0.1, 0.15) is 0 Å². The number of halogens is 1. The molecule has 1 fully saturated rings. The van der Waals surface area contributed by atoms with E-state index in [1.54, 1.807) is 0 Å². The minimum atomic E-state index is -3.37. The molecule has 0 spiro atoms. The Bertz CT molecular complexity index is 904. The molecule has 0 atom stereocenters. The third-order valence-corrected chi connectivity index (χ3v) is 7.45. The lowest BCUT2D eigenvalue weighted by molar-refractivity contribution is -0.126. The maximum absolute atomic E-state index is 12.7. The summed E-state index contributed by atoms with van der Waals surface area (Å²) < 4.78 is 27.8. The number of hydrogen-bond acceptors (Lipinski definition) is 3. The Labute approximate surface area is 175 Å². The molecule has 2 aromatic rings. The molecule has 3 rings (SSSR count). The van der Waals surface area contributed by atoms with Gasteiger partial charge in [-0.3, -0.25) is 4.79 Å². The van der Waals surface area contributed by atoms with Crippen molar-refractivity contribution in [2.24, 2.45) is 5.92 Å². The number of aryl methyl sites for hydroxylation is 1. The Hall–Kier alpha value is -1.70. The van der Waals surface area contributed by atoms with Gasteiger partial charge < -0.3 is 5.32 Å². The first-order valence-electron chi connectivity index (χ1n) is 9.39. The molecule has 1 heterocycles. The average molecular weight is 465 g/mol. The van der Waals surface area contributed by atoms with Crippen molar-refractivity contribution >= 4 is 31.9 Å². The van der Waals surface area contributed by atoms with E-state index in [0.717, 1.165) is 15.6 Å². The van der Waals surface area contributed by atoms with Crippen LogP contribution in [0, 0.1) is 12.8 Å². The molecule has 1 saturated heterocycles. The number of hydrogen-bond donors (Lipinski definition) is 1. The van der Waals surface area contributed by atoms with E-state index in [1.165, 1.54) is 9.87 Å². The Morgan fingerprint density at radius 2 is 1.61 bits per heavy atom. The number of carbonyl (C=O) groups is 1. The third-order valence-electron chi connectivity index (χ3n) is 5.07. The van der Waals surface area contributed by atoms with Crippen LogP contribution in [-0.2, 0) is 27.1 Å². The zero-order valence-electron chi connectivity index (χ0n) is 15.9. The van der Waals surface area contributed by atoms with E-state index in [-0.39, 0.29) is 17.6 Å². The molecule has 1 aliphatic rings. The van der Waals surface area contributed by atoms with Crippen LogP contribution in [0.15, 0.2) is 53.0 Å². The monoisotopic (exact) mass is 464 g/mol. The van der Waals surface area contributed by atoms with Gasteiger partial charge in [0, 0.05) is 30.0 Å². The molecule has 5 nitrogen and oxygen atoms in total. The number of amides is 1. The minimum absolute atomic E-state index is 0.00512. The van der Waals surface area contributed by atoms with Crippen LogP contribution in [-0.4, -0.2) is 31.7 Å². The topological polar surface area (TPSA) is 66.5 Å². The summed E-state index contributed by atoms with van der Waals surface area (Å²) in [4.78, 5) is 12.4. The smallest absolute Gasteiger partial charge is 0.223 e. The molecule has 1 amide bonds. The molecular weight excluding hydrogens is 440 g/mol. The standard InChI is InChI=1S/C21H25BrN2O3S/c1-16-2-4-17(5-3-16)14-23-21(25)19-10-12-24(13-11-19)28(26,27)15-18-6-8-20(22)9-7-18/h2-9,19H,10-15H2,1H3,(H,23,25). The second-order valence-corrected chi connectivity index (χ2v) is 10.1. The lowest BCUT2D eigenvalue weighted by atomic mass is 9.97. The van der Waals surface area contributed by atoms with E-state index < -0.39 is 10.0 Å². The van der Waals surface area contributed by atoms with Crippen LogP contribution in [0.3, 0.4) is 0 Å². The highest BCUT2D eigenvalue weighted by Crippen LogP contribution is 2.22. The molecule has 1 N–H and O–H groups in total. The SMILES string of the molecule is Cc1ccc(CNC(=O)C2CCN(S(=O)(=O)Cc3ccc(Br)cc3)CC2)cc1. The minimum Gasteiger partial charge on any atom is -0.352 e. The number of carbonyl (C=O) groups excluding carboxylic acids is 1. The average Bonchev–Trinajstić information content (AvgIpc) is 2.69. The Morgan fingerprint density at radius 3 is 2.21 bits per heavy atom. The summed E-state index contributed by atoms with van der Waals surface area (Å²) in [5, 5.41) is 2.98. The van der Waals surface area contributed by atoms with Gasteiger partial charge in [-0.1, -0.05) is 57.9 Å². The quantitative estimate of drug-likeness (QED) is 0.709. The van der Waals surface area contributed by atoms with Crippen LogP contribution < -0.4 is 5.32 Å². The predicted octanol–water partition coefficient (Wildman–Crippen LogP) is 3.62. The molecule has 1 aliphatic heterocycles. The van der Waals surface area contributed by atoms with Crippen molar-refractivity contribution < 1.29 is 13.2 Å². The molecule has 2 aromatic carbocycles. The fraction of sp³-hybridized carbons (Fsp3) is 0.381. The Balaban J connectivity index is 1.49. The third kappa shape index (κ3) is 5.65. The molecular formula is C21H25BrN2O3S. The maximum atomic E-state index is 12.7. The molecule has 0 bridgehead atoms. The first-order valence-corrected chi connectivity index (χ1v) is 11.8. The molecule has 0 radical (unpaired) electrons. The molecule has 0 saturated carbocycles. The predicted molar refractivity (Wildman–Crippen MR) is 114 cm³/mol. The van der Waals surface area contributed by atoms with Gasteiger partial charge in [0.25, 0.3) is 0 Å². The van der Waals surface area contributed by atoms with Crippen LogP contribution in [0.25, 0.3) is 0 Å². The van der Waals surface area contributed by atoms with E-state index in [9.17, 15) is 13.2 Å². The van der Waals surface area contributed by atoms with Gasteiger partial charge in [0.15, 0.2) is 0 Å². The summed E-state index contributed by atoms with van der Waals surface area (Å²) in [6.45, 7) is 3.31. The van der Waals surface area contributed by atoms with Crippen molar-refractivity contribution in [3.63, 3.8) is 0 Å². The van der Waals surface area contributed by atoms with Crippen molar-refractivity contribution in [3.8, 4) is 0 Å². The summed E-state index contributed by atoms with van der Waals surface area (Å²) in [5.41, 5.74) is 3.02. The lowest BCUT2D eigenvalue weighted by Gasteiger charge is -2.30. The molecule has 28 heavy (non-hydrogen) atoms. The normalized spacial score (nSPS) is 16.1. The zero-order chi connectivity index (χ0) is 20.1. The summed E-state index contributed by atoms with van der Waals surface area (Å²) >= 11 is 3.35. The summed E-state index contributed by atoms with van der Waals surface area (Å²) in [6, 6.07) is 15.4. The summed E-state index contributed by atoms with van der Waals surface area (Å²) in [7, 11) is -3.37. The number of rotatable bonds is 6. The first kappa shape index (κ1) is 21.0. The van der Waals surface area contributed by atoms with Crippen molar-refractivity contribution in [1.82, 2.24) is 9.62 Å². The molecule has 150 valence electrons.